The molecule has 0 spiro atoms. The second-order valence-electron chi connectivity index (χ2n) is 7.16. The summed E-state index contributed by atoms with van der Waals surface area (Å²) in [6, 6.07) is -1.06. The van der Waals surface area contributed by atoms with Crippen molar-refractivity contribution in [3.8, 4) is 0 Å². The van der Waals surface area contributed by atoms with E-state index in [0.29, 0.717) is 18.1 Å². The minimum Gasteiger partial charge on any atom is -0.464 e. The fourth-order valence-electron chi connectivity index (χ4n) is 3.93. The molecule has 2 N–H and O–H groups in total. The predicted octanol–water partition coefficient (Wildman–Crippen LogP) is 1.72. The molecule has 0 aliphatic heterocycles. The smallest absolute Gasteiger partial charge is 0.333 e. The lowest BCUT2D eigenvalue weighted by atomic mass is 9.44. The third kappa shape index (κ3) is 2.61. The summed E-state index contributed by atoms with van der Waals surface area (Å²) in [7, 11) is 0. The van der Waals surface area contributed by atoms with Crippen LogP contribution in [-0.4, -0.2) is 46.2 Å². The lowest BCUT2D eigenvalue weighted by Gasteiger charge is -2.62. The number of aliphatic hydroxyl groups is 2. The molecule has 3 rings (SSSR count). The first-order valence-corrected chi connectivity index (χ1v) is 7.93. The molecular weight excluding hydrogens is 282 g/mol. The molecule has 0 aromatic carbocycles. The highest BCUT2D eigenvalue weighted by Gasteiger charge is 2.61. The molecule has 0 amide bonds. The molecule has 124 valence electrons. The van der Waals surface area contributed by atoms with Gasteiger partial charge in [-0.2, -0.15) is 0 Å². The van der Waals surface area contributed by atoms with Gasteiger partial charge < -0.3 is 14.9 Å². The van der Waals surface area contributed by atoms with E-state index >= 15 is 0 Å². The van der Waals surface area contributed by atoms with E-state index in [0.717, 1.165) is 6.42 Å². The van der Waals surface area contributed by atoms with Crippen LogP contribution in [0.5, 0.6) is 0 Å². The fraction of sp³-hybridized carbons (Fsp3) is 0.765. The minimum absolute atomic E-state index is 0.0823. The summed E-state index contributed by atoms with van der Waals surface area (Å²) in [5.74, 6) is -0.00174. The van der Waals surface area contributed by atoms with Crippen LogP contribution >= 0.6 is 0 Å². The van der Waals surface area contributed by atoms with Crippen LogP contribution in [0.15, 0.2) is 17.6 Å². The third-order valence-electron chi connectivity index (χ3n) is 5.56. The van der Waals surface area contributed by atoms with Crippen LogP contribution in [0.3, 0.4) is 0 Å². The van der Waals surface area contributed by atoms with E-state index in [4.69, 9.17) is 4.74 Å². The van der Waals surface area contributed by atoms with Gasteiger partial charge in [0, 0.05) is 5.71 Å². The lowest BCUT2D eigenvalue weighted by Crippen LogP contribution is -2.65. The van der Waals surface area contributed by atoms with Crippen LogP contribution < -0.4 is 0 Å². The standard InChI is InChI=1S/C17H27NO4/c1-6-11(19)14(15(20)22-7-2)18-13-9-10-8-12(16(10,3)4)17(13,5)21/h6,10-12,14,19,21H,1,7-9H2,2-5H3/t10?,11-,12?,14-,17+/m0/s1. The van der Waals surface area contributed by atoms with Crippen molar-refractivity contribution in [2.24, 2.45) is 22.2 Å². The first kappa shape index (κ1) is 17.2. The second kappa shape index (κ2) is 5.78. The van der Waals surface area contributed by atoms with E-state index < -0.39 is 23.7 Å². The molecule has 5 heteroatoms. The Morgan fingerprint density at radius 1 is 1.55 bits per heavy atom. The van der Waals surface area contributed by atoms with Crippen LogP contribution in [0.2, 0.25) is 0 Å². The van der Waals surface area contributed by atoms with Gasteiger partial charge in [-0.3, -0.25) is 4.99 Å². The summed E-state index contributed by atoms with van der Waals surface area (Å²) in [5, 5.41) is 20.9. The van der Waals surface area contributed by atoms with Crippen molar-refractivity contribution in [3.63, 3.8) is 0 Å². The SMILES string of the molecule is C=C[C@H](O)[C@H](N=C1CC2CC(C2(C)C)[C@@]1(C)O)C(=O)OCC. The molecule has 3 saturated carbocycles. The summed E-state index contributed by atoms with van der Waals surface area (Å²) in [5.41, 5.74) is -0.380. The number of rotatable bonds is 5. The van der Waals surface area contributed by atoms with Gasteiger partial charge in [-0.05, 0) is 43.9 Å². The number of aliphatic hydroxyl groups excluding tert-OH is 1. The van der Waals surface area contributed by atoms with Gasteiger partial charge in [0.25, 0.3) is 0 Å². The molecule has 3 aliphatic carbocycles. The van der Waals surface area contributed by atoms with Gasteiger partial charge in [-0.25, -0.2) is 4.79 Å². The molecule has 0 aromatic heterocycles. The minimum atomic E-state index is -1.12. The predicted molar refractivity (Wildman–Crippen MR) is 84.7 cm³/mol. The van der Waals surface area contributed by atoms with Crippen molar-refractivity contribution < 1.29 is 19.7 Å². The molecule has 2 bridgehead atoms. The molecule has 0 heterocycles. The van der Waals surface area contributed by atoms with Crippen molar-refractivity contribution >= 4 is 11.7 Å². The average molecular weight is 309 g/mol. The molecule has 5 atom stereocenters. The number of hydrogen-bond acceptors (Lipinski definition) is 5. The highest BCUT2D eigenvalue weighted by Crippen LogP contribution is 2.61. The zero-order valence-electron chi connectivity index (χ0n) is 13.9. The number of carbonyl (C=O) groups excluding carboxylic acids is 1. The molecule has 22 heavy (non-hydrogen) atoms. The van der Waals surface area contributed by atoms with Gasteiger partial charge in [0.1, 0.15) is 11.7 Å². The number of esters is 1. The Balaban J connectivity index is 2.29. The molecule has 3 fully saturated rings. The van der Waals surface area contributed by atoms with Crippen molar-refractivity contribution in [3.05, 3.63) is 12.7 Å². The largest absolute Gasteiger partial charge is 0.464 e. The molecule has 5 nitrogen and oxygen atoms in total. The molecule has 2 unspecified atom stereocenters. The van der Waals surface area contributed by atoms with Crippen LogP contribution in [0.25, 0.3) is 0 Å². The van der Waals surface area contributed by atoms with Gasteiger partial charge in [0.2, 0.25) is 0 Å². The Bertz CT molecular complexity index is 495. The number of hydrogen-bond donors (Lipinski definition) is 2. The maximum atomic E-state index is 12.0. The molecule has 0 aromatic rings. The third-order valence-corrected chi connectivity index (χ3v) is 5.56. The second-order valence-corrected chi connectivity index (χ2v) is 7.16. The van der Waals surface area contributed by atoms with Crippen LogP contribution in [0.4, 0.5) is 0 Å². The van der Waals surface area contributed by atoms with Crippen molar-refractivity contribution in [1.82, 2.24) is 0 Å². The average Bonchev–Trinajstić information content (AvgIpc) is 2.44. The van der Waals surface area contributed by atoms with Gasteiger partial charge >= 0.3 is 5.97 Å². The number of ether oxygens (including phenoxy) is 1. The lowest BCUT2D eigenvalue weighted by molar-refractivity contribution is -0.147. The first-order chi connectivity index (χ1) is 10.2. The Morgan fingerprint density at radius 2 is 2.18 bits per heavy atom. The Hall–Kier alpha value is -1.20. The molecule has 0 saturated heterocycles. The van der Waals surface area contributed by atoms with E-state index in [9.17, 15) is 15.0 Å². The summed E-state index contributed by atoms with van der Waals surface area (Å²) in [6.45, 7) is 11.5. The molecule has 3 aliphatic rings. The van der Waals surface area contributed by atoms with Gasteiger partial charge in [0.15, 0.2) is 6.04 Å². The first-order valence-electron chi connectivity index (χ1n) is 7.93. The normalized spacial score (nSPS) is 37.1. The summed E-state index contributed by atoms with van der Waals surface area (Å²) < 4.78 is 4.98. The maximum Gasteiger partial charge on any atom is 0.333 e. The molecular formula is C17H27NO4. The zero-order valence-corrected chi connectivity index (χ0v) is 13.9. The van der Waals surface area contributed by atoms with E-state index in [1.54, 1.807) is 13.8 Å². The summed E-state index contributed by atoms with van der Waals surface area (Å²) in [6.07, 6.45) is 1.78. The van der Waals surface area contributed by atoms with Crippen LogP contribution in [0, 0.1) is 17.3 Å². The van der Waals surface area contributed by atoms with E-state index in [1.807, 2.05) is 0 Å². The number of carbonyl (C=O) groups is 1. The Kier molecular flexibility index (Phi) is 4.51. The van der Waals surface area contributed by atoms with Gasteiger partial charge in [0.05, 0.1) is 6.61 Å². The van der Waals surface area contributed by atoms with Gasteiger partial charge in [-0.15, -0.1) is 6.58 Å². The topological polar surface area (TPSA) is 79.1 Å². The number of fused-ring (bicyclic) bond motifs is 2. The van der Waals surface area contributed by atoms with E-state index in [2.05, 4.69) is 25.4 Å². The highest BCUT2D eigenvalue weighted by molar-refractivity contribution is 5.96. The van der Waals surface area contributed by atoms with E-state index in [1.165, 1.54) is 6.08 Å². The van der Waals surface area contributed by atoms with Crippen LogP contribution in [-0.2, 0) is 9.53 Å². The maximum absolute atomic E-state index is 12.0. The summed E-state index contributed by atoms with van der Waals surface area (Å²) >= 11 is 0. The van der Waals surface area contributed by atoms with E-state index in [-0.39, 0.29) is 17.9 Å². The Morgan fingerprint density at radius 3 is 2.64 bits per heavy atom. The molecule has 0 radical (unpaired) electrons. The van der Waals surface area contributed by atoms with Gasteiger partial charge in [-0.1, -0.05) is 19.9 Å². The fourth-order valence-corrected chi connectivity index (χ4v) is 3.93. The van der Waals surface area contributed by atoms with Crippen molar-refractivity contribution in [1.29, 1.82) is 0 Å². The monoisotopic (exact) mass is 309 g/mol. The zero-order chi connectivity index (χ0) is 16.7. The van der Waals surface area contributed by atoms with Crippen LogP contribution in [0.1, 0.15) is 40.5 Å². The Labute approximate surface area is 132 Å². The number of nitrogens with zero attached hydrogens (tertiary/aromatic N) is 1. The highest BCUT2D eigenvalue weighted by atomic mass is 16.5. The number of aliphatic imine (C=N–C) groups is 1. The quantitative estimate of drug-likeness (QED) is 0.599. The van der Waals surface area contributed by atoms with Crippen molar-refractivity contribution in [2.75, 3.05) is 6.61 Å². The van der Waals surface area contributed by atoms with Crippen molar-refractivity contribution in [2.45, 2.75) is 58.3 Å². The summed E-state index contributed by atoms with van der Waals surface area (Å²) in [4.78, 5) is 16.4.